The lowest BCUT2D eigenvalue weighted by Crippen LogP contribution is -2.34. The molecule has 0 radical (unpaired) electrons. The Morgan fingerprint density at radius 3 is 2.50 bits per heavy atom. The maximum atomic E-state index is 12.7. The van der Waals surface area contributed by atoms with Gasteiger partial charge in [-0.2, -0.15) is 5.10 Å². The van der Waals surface area contributed by atoms with Crippen LogP contribution in [-0.2, 0) is 16.0 Å². The van der Waals surface area contributed by atoms with Crippen LogP contribution in [0.5, 0.6) is 11.5 Å². The Labute approximate surface area is 198 Å². The predicted octanol–water partition coefficient (Wildman–Crippen LogP) is 2.97. The fourth-order valence-corrected chi connectivity index (χ4v) is 4.50. The lowest BCUT2D eigenvalue weighted by molar-refractivity contribution is -0.126. The van der Waals surface area contributed by atoms with E-state index < -0.39 is 0 Å². The Morgan fingerprint density at radius 2 is 1.76 bits per heavy atom. The second-order valence-electron chi connectivity index (χ2n) is 8.78. The first-order chi connectivity index (χ1) is 16.5. The fraction of sp³-hybridized carbons (Fsp3) is 0.346. The molecule has 0 saturated carbocycles. The standard InChI is InChI=1S/C26H28N4O4/c1-17-13-18(2)30(28-17)21-5-3-19(4-6-21)9-10-27-26(32)20-14-25(31)29(16-20)22-7-8-23-24(15-22)34-12-11-33-23/h3-8,13,15,20H,9-12,14,16H2,1-2H3,(H,27,32). The van der Waals surface area contributed by atoms with Gasteiger partial charge in [-0.15, -0.1) is 0 Å². The number of hydrogen-bond acceptors (Lipinski definition) is 5. The maximum Gasteiger partial charge on any atom is 0.227 e. The maximum absolute atomic E-state index is 12.7. The molecule has 34 heavy (non-hydrogen) atoms. The van der Waals surface area contributed by atoms with E-state index in [9.17, 15) is 9.59 Å². The molecule has 176 valence electrons. The third kappa shape index (κ3) is 4.48. The molecule has 3 aromatic rings. The fourth-order valence-electron chi connectivity index (χ4n) is 4.50. The van der Waals surface area contributed by atoms with Gasteiger partial charge < -0.3 is 19.7 Å². The van der Waals surface area contributed by atoms with Crippen LogP contribution >= 0.6 is 0 Å². The van der Waals surface area contributed by atoms with Crippen molar-refractivity contribution in [1.29, 1.82) is 0 Å². The normalized spacial score (nSPS) is 17.2. The topological polar surface area (TPSA) is 85.7 Å². The number of aryl methyl sites for hydroxylation is 2. The van der Waals surface area contributed by atoms with Gasteiger partial charge in [0.1, 0.15) is 13.2 Å². The van der Waals surface area contributed by atoms with Crippen LogP contribution in [0.2, 0.25) is 0 Å². The van der Waals surface area contributed by atoms with Gasteiger partial charge in [0.25, 0.3) is 0 Å². The molecule has 2 amide bonds. The predicted molar refractivity (Wildman–Crippen MR) is 128 cm³/mol. The molecule has 8 nitrogen and oxygen atoms in total. The van der Waals surface area contributed by atoms with Gasteiger partial charge in [-0.1, -0.05) is 12.1 Å². The van der Waals surface area contributed by atoms with Gasteiger partial charge in [0.15, 0.2) is 11.5 Å². The Kier molecular flexibility index (Phi) is 5.96. The van der Waals surface area contributed by atoms with Crippen LogP contribution in [0.4, 0.5) is 5.69 Å². The molecule has 3 heterocycles. The monoisotopic (exact) mass is 460 g/mol. The summed E-state index contributed by atoms with van der Waals surface area (Å²) in [5, 5.41) is 7.50. The Hall–Kier alpha value is -3.81. The molecule has 5 rings (SSSR count). The highest BCUT2D eigenvalue weighted by Crippen LogP contribution is 2.36. The lowest BCUT2D eigenvalue weighted by atomic mass is 10.1. The molecule has 2 aliphatic rings. The van der Waals surface area contributed by atoms with Crippen LogP contribution in [-0.4, -0.2) is 47.9 Å². The summed E-state index contributed by atoms with van der Waals surface area (Å²) in [6, 6.07) is 15.7. The van der Waals surface area contributed by atoms with Crippen molar-refractivity contribution in [3.8, 4) is 17.2 Å². The molecule has 2 aliphatic heterocycles. The highest BCUT2D eigenvalue weighted by Gasteiger charge is 2.35. The number of amides is 2. The van der Waals surface area contributed by atoms with Gasteiger partial charge in [0.2, 0.25) is 11.8 Å². The van der Waals surface area contributed by atoms with Gasteiger partial charge in [0, 0.05) is 37.0 Å². The molecule has 0 bridgehead atoms. The molecule has 1 atom stereocenters. The van der Waals surface area contributed by atoms with Crippen LogP contribution < -0.4 is 19.7 Å². The van der Waals surface area contributed by atoms with Crippen molar-refractivity contribution < 1.29 is 19.1 Å². The number of ether oxygens (including phenoxy) is 2. The first kappa shape index (κ1) is 22.0. The highest BCUT2D eigenvalue weighted by molar-refractivity contribution is 6.00. The van der Waals surface area contributed by atoms with Gasteiger partial charge in [-0.25, -0.2) is 4.68 Å². The molecule has 1 N–H and O–H groups in total. The number of rotatable bonds is 6. The molecular formula is C26H28N4O4. The van der Waals surface area contributed by atoms with Crippen LogP contribution in [0.15, 0.2) is 48.5 Å². The third-order valence-electron chi connectivity index (χ3n) is 6.24. The van der Waals surface area contributed by atoms with Crippen LogP contribution in [0, 0.1) is 19.8 Å². The van der Waals surface area contributed by atoms with E-state index in [1.54, 1.807) is 4.90 Å². The third-order valence-corrected chi connectivity index (χ3v) is 6.24. The number of nitrogens with zero attached hydrogens (tertiary/aromatic N) is 3. The number of benzene rings is 2. The van der Waals surface area contributed by atoms with Crippen LogP contribution in [0.3, 0.4) is 0 Å². The van der Waals surface area contributed by atoms with Crippen molar-refractivity contribution in [2.45, 2.75) is 26.7 Å². The molecule has 1 unspecified atom stereocenters. The largest absolute Gasteiger partial charge is 0.486 e. The van der Waals surface area contributed by atoms with Crippen molar-refractivity contribution in [3.63, 3.8) is 0 Å². The summed E-state index contributed by atoms with van der Waals surface area (Å²) in [6.07, 6.45) is 0.924. The average Bonchev–Trinajstić information content (AvgIpc) is 3.40. The molecule has 1 saturated heterocycles. The number of fused-ring (bicyclic) bond motifs is 1. The zero-order chi connectivity index (χ0) is 23.7. The van der Waals surface area contributed by atoms with Gasteiger partial charge >= 0.3 is 0 Å². The Bertz CT molecular complexity index is 1220. The van der Waals surface area contributed by atoms with Gasteiger partial charge in [-0.3, -0.25) is 9.59 Å². The van der Waals surface area contributed by atoms with E-state index in [1.165, 1.54) is 0 Å². The molecule has 1 fully saturated rings. The zero-order valence-corrected chi connectivity index (χ0v) is 19.4. The quantitative estimate of drug-likeness (QED) is 0.611. The van der Waals surface area contributed by atoms with E-state index in [2.05, 4.69) is 22.5 Å². The minimum Gasteiger partial charge on any atom is -0.486 e. The van der Waals surface area contributed by atoms with E-state index in [4.69, 9.17) is 9.47 Å². The Balaban J connectivity index is 1.14. The van der Waals surface area contributed by atoms with Crippen molar-refractivity contribution in [2.75, 3.05) is 31.2 Å². The number of anilines is 1. The smallest absolute Gasteiger partial charge is 0.227 e. The average molecular weight is 461 g/mol. The van der Waals surface area contributed by atoms with E-state index >= 15 is 0 Å². The molecule has 0 aliphatic carbocycles. The Morgan fingerprint density at radius 1 is 1.03 bits per heavy atom. The van der Waals surface area contributed by atoms with E-state index in [0.717, 1.165) is 34.7 Å². The molecule has 8 heteroatoms. The summed E-state index contributed by atoms with van der Waals surface area (Å²) in [7, 11) is 0. The molecular weight excluding hydrogens is 432 g/mol. The summed E-state index contributed by atoms with van der Waals surface area (Å²) in [5.41, 5.74) is 4.96. The number of carbonyl (C=O) groups excluding carboxylic acids is 2. The zero-order valence-electron chi connectivity index (χ0n) is 19.4. The summed E-state index contributed by atoms with van der Waals surface area (Å²) in [5.74, 6) is 0.797. The van der Waals surface area contributed by atoms with E-state index in [1.807, 2.05) is 54.9 Å². The SMILES string of the molecule is Cc1cc(C)n(-c2ccc(CCNC(=O)C3CC(=O)N(c4ccc5c(c4)OCCO5)C3)cc2)n1. The van der Waals surface area contributed by atoms with Crippen molar-refractivity contribution >= 4 is 17.5 Å². The molecule has 0 spiro atoms. The molecule has 1 aromatic heterocycles. The summed E-state index contributed by atoms with van der Waals surface area (Å²) in [4.78, 5) is 27.0. The van der Waals surface area contributed by atoms with Gasteiger partial charge in [0.05, 0.1) is 17.3 Å². The van der Waals surface area contributed by atoms with E-state index in [0.29, 0.717) is 37.8 Å². The minimum atomic E-state index is -0.367. The van der Waals surface area contributed by atoms with Crippen LogP contribution in [0.1, 0.15) is 23.4 Å². The molecule has 2 aromatic carbocycles. The second kappa shape index (κ2) is 9.21. The minimum absolute atomic E-state index is 0.0587. The highest BCUT2D eigenvalue weighted by atomic mass is 16.6. The summed E-state index contributed by atoms with van der Waals surface area (Å²) >= 11 is 0. The second-order valence-corrected chi connectivity index (χ2v) is 8.78. The number of carbonyl (C=O) groups is 2. The summed E-state index contributed by atoms with van der Waals surface area (Å²) in [6.45, 7) is 5.90. The number of aromatic nitrogens is 2. The van der Waals surface area contributed by atoms with Crippen molar-refractivity contribution in [2.24, 2.45) is 5.92 Å². The number of nitrogens with one attached hydrogen (secondary N) is 1. The number of hydrogen-bond donors (Lipinski definition) is 1. The van der Waals surface area contributed by atoms with Crippen molar-refractivity contribution in [1.82, 2.24) is 15.1 Å². The lowest BCUT2D eigenvalue weighted by Gasteiger charge is -2.22. The van der Waals surface area contributed by atoms with Gasteiger partial charge in [-0.05, 0) is 56.2 Å². The summed E-state index contributed by atoms with van der Waals surface area (Å²) < 4.78 is 13.1. The first-order valence-electron chi connectivity index (χ1n) is 11.6. The van der Waals surface area contributed by atoms with E-state index in [-0.39, 0.29) is 24.2 Å². The van der Waals surface area contributed by atoms with Crippen molar-refractivity contribution in [3.05, 3.63) is 65.5 Å². The first-order valence-corrected chi connectivity index (χ1v) is 11.6. The van der Waals surface area contributed by atoms with Crippen LogP contribution in [0.25, 0.3) is 5.69 Å².